The second-order valence-electron chi connectivity index (χ2n) is 7.43. The highest BCUT2D eigenvalue weighted by Gasteiger charge is 2.35. The Bertz CT molecular complexity index is 1010. The average Bonchev–Trinajstić information content (AvgIpc) is 3.47. The number of hydrogen-bond acceptors (Lipinski definition) is 5. The third kappa shape index (κ3) is 2.93. The summed E-state index contributed by atoms with van der Waals surface area (Å²) in [4.78, 5) is 25.0. The van der Waals surface area contributed by atoms with E-state index in [1.165, 1.54) is 6.33 Å². The average molecular weight is 363 g/mol. The quantitative estimate of drug-likeness (QED) is 0.750. The lowest BCUT2D eigenvalue weighted by atomic mass is 9.94. The van der Waals surface area contributed by atoms with Gasteiger partial charge in [0.2, 0.25) is 5.91 Å². The molecule has 1 atom stereocenters. The maximum Gasteiger partial charge on any atom is 0.221 e. The summed E-state index contributed by atoms with van der Waals surface area (Å²) in [5.41, 5.74) is 9.46. The van der Waals surface area contributed by atoms with Gasteiger partial charge in [-0.15, -0.1) is 0 Å². The Kier molecular flexibility index (Phi) is 3.81. The topological polar surface area (TPSA) is 95.9 Å². The Morgan fingerprint density at radius 3 is 2.85 bits per heavy atom. The summed E-state index contributed by atoms with van der Waals surface area (Å²) in [5, 5.41) is 0. The Labute approximate surface area is 156 Å². The molecule has 7 heteroatoms. The van der Waals surface area contributed by atoms with E-state index in [9.17, 15) is 4.79 Å². The zero-order valence-electron chi connectivity index (χ0n) is 15.0. The lowest BCUT2D eigenvalue weighted by Crippen LogP contribution is -2.26. The lowest BCUT2D eigenvalue weighted by molar-refractivity contribution is -0.122. The first kappa shape index (κ1) is 16.2. The number of amides is 1. The Balaban J connectivity index is 1.62. The van der Waals surface area contributed by atoms with Gasteiger partial charge in [0.1, 0.15) is 23.4 Å². The van der Waals surface area contributed by atoms with Crippen LogP contribution in [0, 0.1) is 11.8 Å². The molecule has 0 saturated heterocycles. The van der Waals surface area contributed by atoms with Gasteiger partial charge in [0.05, 0.1) is 17.7 Å². The number of rotatable bonds is 5. The molecule has 1 saturated carbocycles. The van der Waals surface area contributed by atoms with E-state index in [4.69, 9.17) is 15.5 Å². The van der Waals surface area contributed by atoms with Crippen LogP contribution in [0.4, 0.5) is 0 Å². The summed E-state index contributed by atoms with van der Waals surface area (Å²) >= 11 is 0. The Morgan fingerprint density at radius 1 is 1.30 bits per heavy atom. The van der Waals surface area contributed by atoms with Crippen molar-refractivity contribution in [3.63, 3.8) is 0 Å². The maximum absolute atomic E-state index is 11.9. The fraction of sp³-hybridized carbons (Fsp3) is 0.400. The molecule has 0 unspecified atom stereocenters. The number of benzene rings is 1. The highest BCUT2D eigenvalue weighted by Crippen LogP contribution is 2.40. The zero-order valence-corrected chi connectivity index (χ0v) is 15.0. The summed E-state index contributed by atoms with van der Waals surface area (Å²) in [6.07, 6.45) is 8.80. The first-order valence-electron chi connectivity index (χ1n) is 9.41. The third-order valence-corrected chi connectivity index (χ3v) is 5.48. The van der Waals surface area contributed by atoms with Crippen LogP contribution in [0.3, 0.4) is 0 Å². The molecule has 138 valence electrons. The maximum atomic E-state index is 11.9. The Hall–Kier alpha value is -2.96. The van der Waals surface area contributed by atoms with Crippen LogP contribution in [0.15, 0.2) is 30.9 Å². The predicted molar refractivity (Wildman–Crippen MR) is 100.0 cm³/mol. The molecule has 7 nitrogen and oxygen atoms in total. The molecule has 27 heavy (non-hydrogen) atoms. The van der Waals surface area contributed by atoms with Gasteiger partial charge in [0.15, 0.2) is 0 Å². The molecule has 3 aromatic rings. The van der Waals surface area contributed by atoms with Crippen molar-refractivity contribution in [2.45, 2.75) is 32.2 Å². The zero-order chi connectivity index (χ0) is 18.4. The van der Waals surface area contributed by atoms with Gasteiger partial charge in [-0.25, -0.2) is 15.0 Å². The monoisotopic (exact) mass is 363 g/mol. The molecule has 1 aliphatic heterocycles. The van der Waals surface area contributed by atoms with E-state index in [2.05, 4.69) is 26.7 Å². The number of aromatic nitrogens is 4. The van der Waals surface area contributed by atoms with E-state index in [0.717, 1.165) is 59.5 Å². The molecule has 0 radical (unpaired) electrons. The van der Waals surface area contributed by atoms with Crippen molar-refractivity contribution in [3.8, 4) is 17.1 Å². The van der Waals surface area contributed by atoms with Crippen molar-refractivity contribution in [2.24, 2.45) is 17.6 Å². The first-order chi connectivity index (χ1) is 13.2. The van der Waals surface area contributed by atoms with Crippen molar-refractivity contribution in [3.05, 3.63) is 36.4 Å². The summed E-state index contributed by atoms with van der Waals surface area (Å²) in [6.45, 7) is 1.49. The van der Waals surface area contributed by atoms with Crippen molar-refractivity contribution in [1.29, 1.82) is 0 Å². The van der Waals surface area contributed by atoms with E-state index < -0.39 is 0 Å². The summed E-state index contributed by atoms with van der Waals surface area (Å²) in [5.74, 6) is 1.78. The number of imidazole rings is 1. The third-order valence-electron chi connectivity index (χ3n) is 5.48. The molecule has 2 aromatic heterocycles. The number of ether oxygens (including phenoxy) is 1. The minimum Gasteiger partial charge on any atom is -0.491 e. The minimum atomic E-state index is -0.211. The number of nitrogens with two attached hydrogens (primary N) is 1. The fourth-order valence-corrected chi connectivity index (χ4v) is 4.02. The lowest BCUT2D eigenvalue weighted by Gasteiger charge is -2.13. The van der Waals surface area contributed by atoms with E-state index >= 15 is 0 Å². The van der Waals surface area contributed by atoms with Crippen LogP contribution in [0.5, 0.6) is 5.75 Å². The van der Waals surface area contributed by atoms with Crippen molar-refractivity contribution in [1.82, 2.24) is 19.5 Å². The summed E-state index contributed by atoms with van der Waals surface area (Å²) in [7, 11) is 0. The van der Waals surface area contributed by atoms with Gasteiger partial charge in [-0.2, -0.15) is 0 Å². The smallest absolute Gasteiger partial charge is 0.221 e. The number of nitrogens with zero attached hydrogens (tertiary/aromatic N) is 4. The number of carbonyl (C=O) groups is 1. The van der Waals surface area contributed by atoms with Gasteiger partial charge in [-0.05, 0) is 49.3 Å². The van der Waals surface area contributed by atoms with Gasteiger partial charge in [-0.1, -0.05) is 0 Å². The summed E-state index contributed by atoms with van der Waals surface area (Å²) in [6, 6.07) is 4.12. The van der Waals surface area contributed by atoms with Gasteiger partial charge in [0, 0.05) is 24.9 Å². The van der Waals surface area contributed by atoms with Crippen LogP contribution >= 0.6 is 0 Å². The van der Waals surface area contributed by atoms with E-state index in [1.54, 1.807) is 12.4 Å². The van der Waals surface area contributed by atoms with Gasteiger partial charge >= 0.3 is 0 Å². The van der Waals surface area contributed by atoms with Crippen molar-refractivity contribution < 1.29 is 9.53 Å². The van der Waals surface area contributed by atoms with E-state index in [0.29, 0.717) is 18.9 Å². The second-order valence-corrected chi connectivity index (χ2v) is 7.43. The largest absolute Gasteiger partial charge is 0.491 e. The number of hydrogen-bond donors (Lipinski definition) is 1. The van der Waals surface area contributed by atoms with Gasteiger partial charge in [-0.3, -0.25) is 4.79 Å². The SMILES string of the molecule is NC(=O)[C@@H](Cc1cc2c3c(c1)nc(-c1cncnc1)n3CCCO2)C1CC1. The van der Waals surface area contributed by atoms with Crippen LogP contribution in [0.1, 0.15) is 24.8 Å². The standard InChI is InChI=1S/C20H21N5O2/c21-19(26)15(13-2-3-13)6-12-7-16-18-17(8-12)27-5-1-4-25(18)20(24-16)14-9-22-11-23-10-14/h7-11,13,15H,1-6H2,(H2,21,26)/t15-/m0/s1. The molecule has 1 amide bonds. The fourth-order valence-electron chi connectivity index (χ4n) is 4.02. The normalized spacial score (nSPS) is 17.3. The van der Waals surface area contributed by atoms with E-state index in [1.807, 2.05) is 0 Å². The minimum absolute atomic E-state index is 0.107. The second kappa shape index (κ2) is 6.33. The van der Waals surface area contributed by atoms with Crippen molar-refractivity contribution in [2.75, 3.05) is 6.61 Å². The number of aryl methyl sites for hydroxylation is 1. The highest BCUT2D eigenvalue weighted by molar-refractivity contribution is 5.87. The molecule has 3 heterocycles. The van der Waals surface area contributed by atoms with Crippen LogP contribution in [0.2, 0.25) is 0 Å². The van der Waals surface area contributed by atoms with Crippen molar-refractivity contribution >= 4 is 16.9 Å². The molecule has 0 spiro atoms. The van der Waals surface area contributed by atoms with Crippen LogP contribution < -0.4 is 10.5 Å². The van der Waals surface area contributed by atoms with Crippen LogP contribution in [-0.4, -0.2) is 32.0 Å². The highest BCUT2D eigenvalue weighted by atomic mass is 16.5. The number of carbonyl (C=O) groups excluding carboxylic acids is 1. The molecular formula is C20H21N5O2. The molecule has 1 fully saturated rings. The first-order valence-corrected chi connectivity index (χ1v) is 9.41. The van der Waals surface area contributed by atoms with Gasteiger partial charge < -0.3 is 15.0 Å². The summed E-state index contributed by atoms with van der Waals surface area (Å²) < 4.78 is 8.21. The molecule has 5 rings (SSSR count). The number of primary amides is 1. The van der Waals surface area contributed by atoms with E-state index in [-0.39, 0.29) is 11.8 Å². The van der Waals surface area contributed by atoms with Gasteiger partial charge in [0.25, 0.3) is 0 Å². The molecule has 2 aliphatic rings. The van der Waals surface area contributed by atoms with Crippen LogP contribution in [-0.2, 0) is 17.8 Å². The van der Waals surface area contributed by atoms with Crippen LogP contribution in [0.25, 0.3) is 22.4 Å². The molecule has 2 N–H and O–H groups in total. The predicted octanol–water partition coefficient (Wildman–Crippen LogP) is 2.33. The molecule has 1 aromatic carbocycles. The molecule has 1 aliphatic carbocycles. The molecular weight excluding hydrogens is 342 g/mol. The molecule has 0 bridgehead atoms. The Morgan fingerprint density at radius 2 is 2.11 bits per heavy atom.